The molecule has 0 amide bonds. The summed E-state index contributed by atoms with van der Waals surface area (Å²) in [6, 6.07) is 7.70. The number of aliphatic carboxylic acids is 1. The smallest absolute Gasteiger partial charge is 0.307 e. The maximum absolute atomic E-state index is 10.8. The number of carboxylic acids is 1. The number of hydrogen-bond donors (Lipinski definition) is 1. The fraction of sp³-hybridized carbons (Fsp3) is 0.417. The van der Waals surface area contributed by atoms with Crippen molar-refractivity contribution in [2.45, 2.75) is 31.3 Å². The molecule has 0 bridgehead atoms. The Morgan fingerprint density at radius 3 is 2.62 bits per heavy atom. The quantitative estimate of drug-likeness (QED) is 0.862. The second kappa shape index (κ2) is 4.61. The first-order valence-corrected chi connectivity index (χ1v) is 6.35. The lowest BCUT2D eigenvalue weighted by Crippen LogP contribution is -2.45. The molecule has 1 aromatic carbocycles. The Morgan fingerprint density at radius 1 is 1.44 bits per heavy atom. The van der Waals surface area contributed by atoms with Crippen LogP contribution in [-0.2, 0) is 4.79 Å². The molecule has 1 N–H and O–H groups in total. The van der Waals surface area contributed by atoms with Crippen molar-refractivity contribution in [3.05, 3.63) is 27.8 Å². The van der Waals surface area contributed by atoms with E-state index < -0.39 is 11.6 Å². The molecule has 0 radical (unpaired) electrons. The third-order valence-corrected chi connectivity index (χ3v) is 3.79. The van der Waals surface area contributed by atoms with Gasteiger partial charge in [-0.15, -0.1) is 0 Å². The van der Waals surface area contributed by atoms with Gasteiger partial charge in [0.25, 0.3) is 0 Å². The van der Waals surface area contributed by atoms with E-state index in [-0.39, 0.29) is 6.42 Å². The summed E-state index contributed by atoms with van der Waals surface area (Å²) in [5.74, 6) is 0.00897. The lowest BCUT2D eigenvalue weighted by atomic mass is 9.77. The van der Waals surface area contributed by atoms with E-state index in [4.69, 9.17) is 9.84 Å². The van der Waals surface area contributed by atoms with Crippen molar-refractivity contribution in [2.24, 2.45) is 0 Å². The molecule has 1 fully saturated rings. The van der Waals surface area contributed by atoms with Gasteiger partial charge in [-0.1, -0.05) is 12.1 Å². The molecule has 0 atom stereocenters. The number of rotatable bonds is 4. The number of ether oxygens (including phenoxy) is 1. The van der Waals surface area contributed by atoms with Crippen LogP contribution in [0.1, 0.15) is 25.7 Å². The van der Waals surface area contributed by atoms with Crippen molar-refractivity contribution in [2.75, 3.05) is 0 Å². The Morgan fingerprint density at radius 2 is 2.12 bits per heavy atom. The molecule has 1 aliphatic rings. The van der Waals surface area contributed by atoms with Crippen molar-refractivity contribution >= 4 is 28.6 Å². The number of carbonyl (C=O) groups is 1. The van der Waals surface area contributed by atoms with Crippen LogP contribution in [0.3, 0.4) is 0 Å². The van der Waals surface area contributed by atoms with Gasteiger partial charge in [-0.3, -0.25) is 4.79 Å². The summed E-state index contributed by atoms with van der Waals surface area (Å²) in [5, 5.41) is 8.88. The first kappa shape index (κ1) is 11.7. The Balaban J connectivity index is 2.13. The number of halogens is 1. The minimum absolute atomic E-state index is 0.0952. The summed E-state index contributed by atoms with van der Waals surface area (Å²) < 4.78 is 6.92. The lowest BCUT2D eigenvalue weighted by molar-refractivity contribution is -0.144. The van der Waals surface area contributed by atoms with Crippen LogP contribution in [-0.4, -0.2) is 16.7 Å². The largest absolute Gasteiger partial charge is 0.486 e. The first-order valence-electron chi connectivity index (χ1n) is 5.27. The molecule has 3 nitrogen and oxygen atoms in total. The van der Waals surface area contributed by atoms with E-state index in [9.17, 15) is 4.79 Å². The van der Waals surface area contributed by atoms with Gasteiger partial charge in [0.15, 0.2) is 0 Å². The summed E-state index contributed by atoms with van der Waals surface area (Å²) >= 11 is 2.20. The second-order valence-corrected chi connectivity index (χ2v) is 5.30. The highest BCUT2D eigenvalue weighted by atomic mass is 127. The minimum Gasteiger partial charge on any atom is -0.486 e. The normalized spacial score (nSPS) is 17.6. The van der Waals surface area contributed by atoms with Gasteiger partial charge in [-0.05, 0) is 54.0 Å². The molecule has 0 spiro atoms. The third-order valence-electron chi connectivity index (χ3n) is 2.90. The van der Waals surface area contributed by atoms with Crippen LogP contribution in [0.25, 0.3) is 0 Å². The monoisotopic (exact) mass is 332 g/mol. The van der Waals surface area contributed by atoms with E-state index in [2.05, 4.69) is 22.6 Å². The summed E-state index contributed by atoms with van der Waals surface area (Å²) in [6.45, 7) is 0. The zero-order valence-corrected chi connectivity index (χ0v) is 10.9. The van der Waals surface area contributed by atoms with Gasteiger partial charge in [0.2, 0.25) is 0 Å². The fourth-order valence-electron chi connectivity index (χ4n) is 1.92. The van der Waals surface area contributed by atoms with Crippen LogP contribution in [0, 0.1) is 3.57 Å². The van der Waals surface area contributed by atoms with Crippen LogP contribution in [0.4, 0.5) is 0 Å². The zero-order valence-electron chi connectivity index (χ0n) is 8.78. The molecule has 0 aliphatic heterocycles. The maximum atomic E-state index is 10.8. The maximum Gasteiger partial charge on any atom is 0.307 e. The van der Waals surface area contributed by atoms with E-state index in [0.29, 0.717) is 0 Å². The van der Waals surface area contributed by atoms with Crippen LogP contribution >= 0.6 is 22.6 Å². The standard InChI is InChI=1S/C12H13IO3/c13-9-4-1-2-5-10(9)16-12(6-3-7-12)8-11(14)15/h1-2,4-5H,3,6-8H2,(H,14,15). The van der Waals surface area contributed by atoms with Crippen molar-refractivity contribution in [3.8, 4) is 5.75 Å². The molecule has 1 saturated carbocycles. The van der Waals surface area contributed by atoms with Gasteiger partial charge in [0, 0.05) is 0 Å². The van der Waals surface area contributed by atoms with Crippen molar-refractivity contribution in [3.63, 3.8) is 0 Å². The van der Waals surface area contributed by atoms with Gasteiger partial charge in [-0.2, -0.15) is 0 Å². The fourth-order valence-corrected chi connectivity index (χ4v) is 2.42. The van der Waals surface area contributed by atoms with Crippen LogP contribution in [0.15, 0.2) is 24.3 Å². The summed E-state index contributed by atoms with van der Waals surface area (Å²) in [5.41, 5.74) is -0.465. The average molecular weight is 332 g/mol. The van der Waals surface area contributed by atoms with E-state index in [1.807, 2.05) is 24.3 Å². The topological polar surface area (TPSA) is 46.5 Å². The van der Waals surface area contributed by atoms with E-state index in [1.54, 1.807) is 0 Å². The second-order valence-electron chi connectivity index (χ2n) is 4.14. The van der Waals surface area contributed by atoms with Gasteiger partial charge < -0.3 is 9.84 Å². The molecule has 0 heterocycles. The molecular formula is C12H13IO3. The van der Waals surface area contributed by atoms with Crippen LogP contribution in [0.2, 0.25) is 0 Å². The molecule has 86 valence electrons. The Bertz CT molecular complexity index is 399. The first-order chi connectivity index (χ1) is 7.61. The van der Waals surface area contributed by atoms with E-state index in [0.717, 1.165) is 28.6 Å². The highest BCUT2D eigenvalue weighted by molar-refractivity contribution is 14.1. The molecule has 2 rings (SSSR count). The predicted octanol–water partition coefficient (Wildman–Crippen LogP) is 3.07. The SMILES string of the molecule is O=C(O)CC1(Oc2ccccc2I)CCC1. The molecule has 16 heavy (non-hydrogen) atoms. The van der Waals surface area contributed by atoms with Crippen LogP contribution in [0.5, 0.6) is 5.75 Å². The summed E-state index contributed by atoms with van der Waals surface area (Å²) in [7, 11) is 0. The Hall–Kier alpha value is -0.780. The summed E-state index contributed by atoms with van der Waals surface area (Å²) in [6.07, 6.45) is 2.82. The van der Waals surface area contributed by atoms with Crippen LogP contribution < -0.4 is 4.74 Å². The van der Waals surface area contributed by atoms with Gasteiger partial charge in [0.1, 0.15) is 11.4 Å². The molecule has 1 aliphatic carbocycles. The molecule has 1 aromatic rings. The highest BCUT2D eigenvalue weighted by Gasteiger charge is 2.41. The van der Waals surface area contributed by atoms with Gasteiger partial charge in [-0.25, -0.2) is 0 Å². The molecule has 0 unspecified atom stereocenters. The van der Waals surface area contributed by atoms with E-state index >= 15 is 0 Å². The molecule has 0 saturated heterocycles. The number of hydrogen-bond acceptors (Lipinski definition) is 2. The lowest BCUT2D eigenvalue weighted by Gasteiger charge is -2.41. The van der Waals surface area contributed by atoms with Crippen molar-refractivity contribution < 1.29 is 14.6 Å². The zero-order chi connectivity index (χ0) is 11.6. The number of benzene rings is 1. The van der Waals surface area contributed by atoms with Crippen molar-refractivity contribution in [1.82, 2.24) is 0 Å². The molecular weight excluding hydrogens is 319 g/mol. The minimum atomic E-state index is -0.786. The number of para-hydroxylation sites is 1. The van der Waals surface area contributed by atoms with Gasteiger partial charge in [0.05, 0.1) is 9.99 Å². The molecule has 4 heteroatoms. The van der Waals surface area contributed by atoms with E-state index in [1.165, 1.54) is 0 Å². The average Bonchev–Trinajstić information content (AvgIpc) is 2.17. The summed E-state index contributed by atoms with van der Waals surface area (Å²) in [4.78, 5) is 10.8. The van der Waals surface area contributed by atoms with Crippen molar-refractivity contribution in [1.29, 1.82) is 0 Å². The third kappa shape index (κ3) is 2.48. The number of carboxylic acid groups (broad SMARTS) is 1. The molecule has 0 aromatic heterocycles. The van der Waals surface area contributed by atoms with Gasteiger partial charge >= 0.3 is 5.97 Å². The highest BCUT2D eigenvalue weighted by Crippen LogP contribution is 2.40. The predicted molar refractivity (Wildman–Crippen MR) is 68.6 cm³/mol. The Kier molecular flexibility index (Phi) is 3.37. The Labute approximate surface area is 108 Å².